The van der Waals surface area contributed by atoms with Crippen molar-refractivity contribution in [3.8, 4) is 17.3 Å². The monoisotopic (exact) mass is 189 g/mol. The lowest BCUT2D eigenvalue weighted by molar-refractivity contribution is 0.399. The largest absolute Gasteiger partial charge is 0.480 e. The highest BCUT2D eigenvalue weighted by Crippen LogP contribution is 2.24. The molecule has 2 heterocycles. The Balaban J connectivity index is 2.50. The number of pyridine rings is 1. The molecule has 0 unspecified atom stereocenters. The molecule has 4 heteroatoms. The molecule has 0 saturated carbocycles. The summed E-state index contributed by atoms with van der Waals surface area (Å²) in [5.74, 6) is 1.37. The van der Waals surface area contributed by atoms with E-state index in [0.717, 1.165) is 17.1 Å². The van der Waals surface area contributed by atoms with Crippen LogP contribution in [0, 0.1) is 6.92 Å². The number of H-pyrrole nitrogens is 1. The van der Waals surface area contributed by atoms with E-state index in [1.54, 1.807) is 19.5 Å². The number of aromatic amines is 1. The Kier molecular flexibility index (Phi) is 2.18. The Labute approximate surface area is 82.0 Å². The van der Waals surface area contributed by atoms with Crippen molar-refractivity contribution in [3.05, 3.63) is 30.2 Å². The van der Waals surface area contributed by atoms with Crippen molar-refractivity contribution in [2.24, 2.45) is 0 Å². The third kappa shape index (κ3) is 1.46. The van der Waals surface area contributed by atoms with Crippen LogP contribution in [0.5, 0.6) is 5.88 Å². The first kappa shape index (κ1) is 8.74. The lowest BCUT2D eigenvalue weighted by atomic mass is 10.2. The summed E-state index contributed by atoms with van der Waals surface area (Å²) in [6.07, 6.45) is 3.47. The highest BCUT2D eigenvalue weighted by Gasteiger charge is 2.08. The molecule has 0 aliphatic heterocycles. The topological polar surface area (TPSA) is 50.8 Å². The van der Waals surface area contributed by atoms with Gasteiger partial charge in [-0.3, -0.25) is 0 Å². The minimum absolute atomic E-state index is 0.585. The summed E-state index contributed by atoms with van der Waals surface area (Å²) < 4.78 is 5.14. The number of imidazole rings is 1. The summed E-state index contributed by atoms with van der Waals surface area (Å²) >= 11 is 0. The van der Waals surface area contributed by atoms with Gasteiger partial charge in [0.1, 0.15) is 5.82 Å². The molecule has 2 aromatic rings. The van der Waals surface area contributed by atoms with E-state index in [-0.39, 0.29) is 0 Å². The molecular formula is C10H11N3O. The maximum atomic E-state index is 5.14. The van der Waals surface area contributed by atoms with Gasteiger partial charge in [-0.25, -0.2) is 9.97 Å². The fourth-order valence-electron chi connectivity index (χ4n) is 1.28. The summed E-state index contributed by atoms with van der Waals surface area (Å²) in [6, 6.07) is 3.78. The zero-order valence-electron chi connectivity index (χ0n) is 8.11. The number of methoxy groups -OCH3 is 1. The summed E-state index contributed by atoms with van der Waals surface area (Å²) in [7, 11) is 1.60. The summed E-state index contributed by atoms with van der Waals surface area (Å²) in [4.78, 5) is 11.5. The molecule has 0 bridgehead atoms. The van der Waals surface area contributed by atoms with E-state index in [0.29, 0.717) is 5.88 Å². The first-order valence-corrected chi connectivity index (χ1v) is 4.32. The molecular weight excluding hydrogens is 178 g/mol. The van der Waals surface area contributed by atoms with Gasteiger partial charge < -0.3 is 9.72 Å². The number of nitrogens with one attached hydrogen (secondary N) is 1. The van der Waals surface area contributed by atoms with Gasteiger partial charge in [-0.1, -0.05) is 0 Å². The second kappa shape index (κ2) is 3.49. The quantitative estimate of drug-likeness (QED) is 0.783. The van der Waals surface area contributed by atoms with Crippen LogP contribution in [0.4, 0.5) is 0 Å². The Morgan fingerprint density at radius 3 is 2.86 bits per heavy atom. The maximum absolute atomic E-state index is 5.14. The lowest BCUT2D eigenvalue weighted by Gasteiger charge is -2.03. The van der Waals surface area contributed by atoms with E-state index in [1.807, 2.05) is 19.1 Å². The predicted molar refractivity (Wildman–Crippen MR) is 53.1 cm³/mol. The number of rotatable bonds is 2. The molecule has 0 radical (unpaired) electrons. The van der Waals surface area contributed by atoms with E-state index >= 15 is 0 Å². The Hall–Kier alpha value is -1.84. The highest BCUT2D eigenvalue weighted by molar-refractivity contribution is 5.61. The van der Waals surface area contributed by atoms with Crippen molar-refractivity contribution in [2.45, 2.75) is 6.92 Å². The minimum atomic E-state index is 0.585. The van der Waals surface area contributed by atoms with Gasteiger partial charge >= 0.3 is 0 Å². The van der Waals surface area contributed by atoms with Crippen molar-refractivity contribution in [3.63, 3.8) is 0 Å². The van der Waals surface area contributed by atoms with Crippen molar-refractivity contribution < 1.29 is 4.74 Å². The van der Waals surface area contributed by atoms with Gasteiger partial charge in [0.15, 0.2) is 0 Å². The minimum Gasteiger partial charge on any atom is -0.480 e. The van der Waals surface area contributed by atoms with Crippen LogP contribution in [-0.4, -0.2) is 22.1 Å². The normalized spacial score (nSPS) is 10.1. The lowest BCUT2D eigenvalue weighted by Crippen LogP contribution is -1.91. The number of aromatic nitrogens is 3. The van der Waals surface area contributed by atoms with Gasteiger partial charge in [0, 0.05) is 18.1 Å². The predicted octanol–water partition coefficient (Wildman–Crippen LogP) is 1.79. The molecule has 1 N–H and O–H groups in total. The van der Waals surface area contributed by atoms with Gasteiger partial charge in [-0.05, 0) is 19.1 Å². The zero-order chi connectivity index (χ0) is 9.97. The molecule has 2 rings (SSSR count). The Morgan fingerprint density at radius 1 is 1.36 bits per heavy atom. The van der Waals surface area contributed by atoms with Crippen molar-refractivity contribution >= 4 is 0 Å². The van der Waals surface area contributed by atoms with E-state index in [4.69, 9.17) is 4.74 Å². The number of ether oxygens (including phenoxy) is 1. The summed E-state index contributed by atoms with van der Waals surface area (Å²) in [6.45, 7) is 1.96. The molecule has 0 fully saturated rings. The van der Waals surface area contributed by atoms with Crippen LogP contribution in [0.2, 0.25) is 0 Å². The Bertz CT molecular complexity index is 436. The zero-order valence-corrected chi connectivity index (χ0v) is 8.11. The fraction of sp³-hybridized carbons (Fsp3) is 0.200. The highest BCUT2D eigenvalue weighted by atomic mass is 16.5. The van der Waals surface area contributed by atoms with Gasteiger partial charge in [0.25, 0.3) is 0 Å². The molecule has 0 saturated heterocycles. The van der Waals surface area contributed by atoms with E-state index in [9.17, 15) is 0 Å². The average molecular weight is 189 g/mol. The summed E-state index contributed by atoms with van der Waals surface area (Å²) in [5, 5.41) is 0. The van der Waals surface area contributed by atoms with Crippen molar-refractivity contribution in [1.29, 1.82) is 0 Å². The van der Waals surface area contributed by atoms with Crippen LogP contribution < -0.4 is 4.74 Å². The van der Waals surface area contributed by atoms with Gasteiger partial charge in [-0.2, -0.15) is 0 Å². The van der Waals surface area contributed by atoms with Crippen molar-refractivity contribution in [1.82, 2.24) is 15.0 Å². The molecule has 0 amide bonds. The maximum Gasteiger partial charge on any atom is 0.224 e. The molecule has 0 aliphatic carbocycles. The summed E-state index contributed by atoms with van der Waals surface area (Å²) in [5.41, 5.74) is 1.90. The molecule has 0 spiro atoms. The molecule has 72 valence electrons. The van der Waals surface area contributed by atoms with Crippen molar-refractivity contribution in [2.75, 3.05) is 7.11 Å². The first-order chi connectivity index (χ1) is 6.81. The molecule has 4 nitrogen and oxygen atoms in total. The van der Waals surface area contributed by atoms with Crippen LogP contribution in [0.1, 0.15) is 5.69 Å². The van der Waals surface area contributed by atoms with Crippen LogP contribution >= 0.6 is 0 Å². The molecule has 14 heavy (non-hydrogen) atoms. The van der Waals surface area contributed by atoms with E-state index in [1.165, 1.54) is 0 Å². The fourth-order valence-corrected chi connectivity index (χ4v) is 1.28. The molecule has 0 aromatic carbocycles. The third-order valence-electron chi connectivity index (χ3n) is 1.92. The standard InChI is InChI=1S/C10H11N3O/c1-7-6-12-9(13-7)8-4-3-5-11-10(8)14-2/h3-6H,1-2H3,(H,12,13). The van der Waals surface area contributed by atoms with E-state index in [2.05, 4.69) is 15.0 Å². The van der Waals surface area contributed by atoms with Gasteiger partial charge in [0.05, 0.1) is 12.7 Å². The van der Waals surface area contributed by atoms with Crippen LogP contribution in [0.25, 0.3) is 11.4 Å². The average Bonchev–Trinajstić information content (AvgIpc) is 2.65. The molecule has 0 aliphatic rings. The van der Waals surface area contributed by atoms with Gasteiger partial charge in [0.2, 0.25) is 5.88 Å². The van der Waals surface area contributed by atoms with Crippen LogP contribution in [-0.2, 0) is 0 Å². The second-order valence-electron chi connectivity index (χ2n) is 2.98. The number of hydrogen-bond acceptors (Lipinski definition) is 3. The number of nitrogens with zero attached hydrogens (tertiary/aromatic N) is 2. The van der Waals surface area contributed by atoms with Crippen LogP contribution in [0.15, 0.2) is 24.5 Å². The molecule has 2 aromatic heterocycles. The Morgan fingerprint density at radius 2 is 2.21 bits per heavy atom. The first-order valence-electron chi connectivity index (χ1n) is 4.32. The second-order valence-corrected chi connectivity index (χ2v) is 2.98. The van der Waals surface area contributed by atoms with Crippen LogP contribution in [0.3, 0.4) is 0 Å². The van der Waals surface area contributed by atoms with E-state index < -0.39 is 0 Å². The smallest absolute Gasteiger partial charge is 0.224 e. The number of hydrogen-bond donors (Lipinski definition) is 1. The number of aryl methyl sites for hydroxylation is 1. The van der Waals surface area contributed by atoms with Gasteiger partial charge in [-0.15, -0.1) is 0 Å². The third-order valence-corrected chi connectivity index (χ3v) is 1.92. The SMILES string of the molecule is COc1ncccc1-c1ncc(C)[nH]1. The molecule has 0 atom stereocenters.